The number of ether oxygens (including phenoxy) is 1. The van der Waals surface area contributed by atoms with Crippen LogP contribution in [0, 0.1) is 13.8 Å². The highest BCUT2D eigenvalue weighted by molar-refractivity contribution is 6.00. The minimum Gasteiger partial charge on any atom is -0.491 e. The fraction of sp³-hybridized carbons (Fsp3) is 0.632. The van der Waals surface area contributed by atoms with Crippen LogP contribution in [0.25, 0.3) is 0 Å². The van der Waals surface area contributed by atoms with Gasteiger partial charge in [0.1, 0.15) is 18.5 Å². The van der Waals surface area contributed by atoms with E-state index in [1.165, 1.54) is 5.56 Å². The van der Waals surface area contributed by atoms with Crippen LogP contribution in [0.4, 0.5) is 0 Å². The quantitative estimate of drug-likeness (QED) is 0.811. The molecule has 0 saturated carbocycles. The predicted molar refractivity (Wildman–Crippen MR) is 92.4 cm³/mol. The first-order valence-corrected chi connectivity index (χ1v) is 8.64. The van der Waals surface area contributed by atoms with Gasteiger partial charge in [-0.25, -0.2) is 0 Å². The molecule has 0 fully saturated rings. The average Bonchev–Trinajstić information content (AvgIpc) is 2.54. The SMILES string of the molecule is CC[C@@H](C)NC[C@H](O)COc1cc(C)c2c(c1C)C(=O)CCC2. The fourth-order valence-electron chi connectivity index (χ4n) is 3.07. The van der Waals surface area contributed by atoms with Crippen molar-refractivity contribution in [2.24, 2.45) is 0 Å². The second kappa shape index (κ2) is 7.93. The van der Waals surface area contributed by atoms with Gasteiger partial charge in [0.25, 0.3) is 0 Å². The molecule has 0 aliphatic heterocycles. The molecule has 0 radical (unpaired) electrons. The average molecular weight is 319 g/mol. The Bertz CT molecular complexity index is 568. The van der Waals surface area contributed by atoms with Crippen molar-refractivity contribution in [3.8, 4) is 5.75 Å². The molecule has 0 unspecified atom stereocenters. The molecule has 2 atom stereocenters. The van der Waals surface area contributed by atoms with E-state index in [4.69, 9.17) is 4.74 Å². The summed E-state index contributed by atoms with van der Waals surface area (Å²) in [5.41, 5.74) is 4.04. The highest BCUT2D eigenvalue weighted by Gasteiger charge is 2.23. The molecule has 1 aliphatic rings. The monoisotopic (exact) mass is 319 g/mol. The number of aliphatic hydroxyl groups excluding tert-OH is 1. The van der Waals surface area contributed by atoms with Crippen LogP contribution in [-0.4, -0.2) is 36.2 Å². The van der Waals surface area contributed by atoms with E-state index in [0.717, 1.165) is 41.7 Å². The zero-order valence-electron chi connectivity index (χ0n) is 14.7. The summed E-state index contributed by atoms with van der Waals surface area (Å²) < 4.78 is 5.82. The van der Waals surface area contributed by atoms with Crippen LogP contribution in [0.2, 0.25) is 0 Å². The van der Waals surface area contributed by atoms with Gasteiger partial charge in [-0.05, 0) is 57.2 Å². The molecule has 2 rings (SSSR count). The number of carbonyl (C=O) groups is 1. The highest BCUT2D eigenvalue weighted by Crippen LogP contribution is 2.33. The number of benzene rings is 1. The molecule has 23 heavy (non-hydrogen) atoms. The van der Waals surface area contributed by atoms with E-state index in [1.54, 1.807) is 0 Å². The number of rotatable bonds is 7. The summed E-state index contributed by atoms with van der Waals surface area (Å²) in [6, 6.07) is 2.39. The molecule has 0 bridgehead atoms. The lowest BCUT2D eigenvalue weighted by Gasteiger charge is -2.23. The van der Waals surface area contributed by atoms with Crippen molar-refractivity contribution in [3.05, 3.63) is 28.3 Å². The Labute approximate surface area is 139 Å². The van der Waals surface area contributed by atoms with Gasteiger partial charge in [0, 0.05) is 30.1 Å². The number of hydrogen-bond acceptors (Lipinski definition) is 4. The summed E-state index contributed by atoms with van der Waals surface area (Å²) in [6.45, 7) is 8.92. The van der Waals surface area contributed by atoms with E-state index in [9.17, 15) is 9.90 Å². The first-order chi connectivity index (χ1) is 10.9. The second-order valence-electron chi connectivity index (χ2n) is 6.63. The number of Topliss-reactive ketones (excluding diaryl/α,β-unsaturated/α-hetero) is 1. The van der Waals surface area contributed by atoms with Crippen molar-refractivity contribution in [2.75, 3.05) is 13.2 Å². The third-order valence-corrected chi connectivity index (χ3v) is 4.72. The van der Waals surface area contributed by atoms with E-state index in [1.807, 2.05) is 19.9 Å². The molecule has 1 aromatic rings. The Morgan fingerprint density at radius 2 is 2.09 bits per heavy atom. The van der Waals surface area contributed by atoms with E-state index < -0.39 is 6.10 Å². The third-order valence-electron chi connectivity index (χ3n) is 4.72. The summed E-state index contributed by atoms with van der Waals surface area (Å²) in [4.78, 5) is 12.2. The molecule has 4 heteroatoms. The van der Waals surface area contributed by atoms with Gasteiger partial charge in [0.2, 0.25) is 0 Å². The normalized spacial score (nSPS) is 16.8. The predicted octanol–water partition coefficient (Wildman–Crippen LogP) is 2.95. The lowest BCUT2D eigenvalue weighted by molar-refractivity contribution is 0.0967. The van der Waals surface area contributed by atoms with Crippen LogP contribution in [0.5, 0.6) is 5.75 Å². The number of nitrogens with one attached hydrogen (secondary N) is 1. The Morgan fingerprint density at radius 1 is 1.35 bits per heavy atom. The van der Waals surface area contributed by atoms with Gasteiger partial charge in [-0.15, -0.1) is 0 Å². The molecule has 4 nitrogen and oxygen atoms in total. The Hall–Kier alpha value is -1.39. The molecule has 1 aliphatic carbocycles. The smallest absolute Gasteiger partial charge is 0.163 e. The topological polar surface area (TPSA) is 58.6 Å². The Balaban J connectivity index is 2.05. The number of fused-ring (bicyclic) bond motifs is 1. The van der Waals surface area contributed by atoms with E-state index in [0.29, 0.717) is 19.0 Å². The maximum Gasteiger partial charge on any atom is 0.163 e. The zero-order valence-corrected chi connectivity index (χ0v) is 14.7. The van der Waals surface area contributed by atoms with Gasteiger partial charge in [0.15, 0.2) is 5.78 Å². The molecule has 0 amide bonds. The van der Waals surface area contributed by atoms with E-state index >= 15 is 0 Å². The molecule has 0 aromatic heterocycles. The maximum absolute atomic E-state index is 12.2. The van der Waals surface area contributed by atoms with E-state index in [2.05, 4.69) is 19.2 Å². The van der Waals surface area contributed by atoms with Crippen LogP contribution in [-0.2, 0) is 6.42 Å². The van der Waals surface area contributed by atoms with Crippen molar-refractivity contribution in [1.82, 2.24) is 5.32 Å². The van der Waals surface area contributed by atoms with Crippen LogP contribution in [0.15, 0.2) is 6.07 Å². The van der Waals surface area contributed by atoms with Gasteiger partial charge in [-0.2, -0.15) is 0 Å². The van der Waals surface area contributed by atoms with Crippen LogP contribution < -0.4 is 10.1 Å². The largest absolute Gasteiger partial charge is 0.491 e. The minimum absolute atomic E-state index is 0.219. The Morgan fingerprint density at radius 3 is 2.78 bits per heavy atom. The van der Waals surface area contributed by atoms with Crippen molar-refractivity contribution in [2.45, 2.75) is 65.5 Å². The summed E-state index contributed by atoms with van der Waals surface area (Å²) >= 11 is 0. The Kier molecular flexibility index (Phi) is 6.19. The van der Waals surface area contributed by atoms with Crippen molar-refractivity contribution in [3.63, 3.8) is 0 Å². The highest BCUT2D eigenvalue weighted by atomic mass is 16.5. The van der Waals surface area contributed by atoms with Gasteiger partial charge in [-0.3, -0.25) is 4.79 Å². The van der Waals surface area contributed by atoms with Crippen LogP contribution in [0.1, 0.15) is 60.2 Å². The van der Waals surface area contributed by atoms with Crippen molar-refractivity contribution >= 4 is 5.78 Å². The zero-order chi connectivity index (χ0) is 17.0. The maximum atomic E-state index is 12.2. The molecule has 128 valence electrons. The van der Waals surface area contributed by atoms with Crippen LogP contribution in [0.3, 0.4) is 0 Å². The van der Waals surface area contributed by atoms with Gasteiger partial charge in [-0.1, -0.05) is 6.92 Å². The number of ketones is 1. The molecule has 0 heterocycles. The van der Waals surface area contributed by atoms with Gasteiger partial charge in [0.05, 0.1) is 0 Å². The minimum atomic E-state index is -0.560. The third kappa shape index (κ3) is 4.33. The summed E-state index contributed by atoms with van der Waals surface area (Å²) in [5, 5.41) is 13.3. The molecular formula is C19H29NO3. The number of aryl methyl sites for hydroxylation is 1. The van der Waals surface area contributed by atoms with Crippen molar-refractivity contribution < 1.29 is 14.6 Å². The van der Waals surface area contributed by atoms with Crippen LogP contribution >= 0.6 is 0 Å². The second-order valence-corrected chi connectivity index (χ2v) is 6.63. The molecule has 2 N–H and O–H groups in total. The fourth-order valence-corrected chi connectivity index (χ4v) is 3.07. The molecule has 0 saturated heterocycles. The number of aliphatic hydroxyl groups is 1. The lowest BCUT2D eigenvalue weighted by atomic mass is 9.84. The molecule has 1 aromatic carbocycles. The van der Waals surface area contributed by atoms with Gasteiger partial charge >= 0.3 is 0 Å². The number of carbonyl (C=O) groups excluding carboxylic acids is 1. The molecular weight excluding hydrogens is 290 g/mol. The van der Waals surface area contributed by atoms with Crippen molar-refractivity contribution in [1.29, 1.82) is 0 Å². The van der Waals surface area contributed by atoms with E-state index in [-0.39, 0.29) is 12.4 Å². The summed E-state index contributed by atoms with van der Waals surface area (Å²) in [7, 11) is 0. The first-order valence-electron chi connectivity index (χ1n) is 8.64. The number of hydrogen-bond donors (Lipinski definition) is 2. The lowest BCUT2D eigenvalue weighted by Crippen LogP contribution is -2.36. The standard InChI is InChI=1S/C19H29NO3/c1-5-13(3)20-10-15(21)11-23-18-9-12(2)16-7-6-8-17(22)19(16)14(18)4/h9,13,15,20-21H,5-8,10-11H2,1-4H3/t13-,15+/m1/s1. The van der Waals surface area contributed by atoms with Gasteiger partial charge < -0.3 is 15.2 Å². The first kappa shape index (κ1) is 18.0. The summed E-state index contributed by atoms with van der Waals surface area (Å²) in [5.74, 6) is 0.940. The summed E-state index contributed by atoms with van der Waals surface area (Å²) in [6.07, 6.45) is 2.99. The molecule has 0 spiro atoms.